The molecule has 0 bridgehead atoms. The molecule has 0 aliphatic carbocycles. The summed E-state index contributed by atoms with van der Waals surface area (Å²) in [5.74, 6) is 0. The van der Waals surface area contributed by atoms with Crippen LogP contribution in [0.15, 0.2) is 18.7 Å². The minimum atomic E-state index is -4.53. The molecule has 13 heavy (non-hydrogen) atoms. The Bertz CT molecular complexity index is 267. The van der Waals surface area contributed by atoms with Gasteiger partial charge in [0.25, 0.3) is 0 Å². The first-order valence-electron chi connectivity index (χ1n) is 3.68. The van der Waals surface area contributed by atoms with Crippen molar-refractivity contribution in [2.45, 2.75) is 18.8 Å². The molecule has 1 heterocycles. The van der Waals surface area contributed by atoms with Gasteiger partial charge in [-0.15, -0.1) is 0 Å². The third-order valence-corrected chi connectivity index (χ3v) is 3.38. The van der Waals surface area contributed by atoms with Gasteiger partial charge in [0, 0.05) is 0 Å². The summed E-state index contributed by atoms with van der Waals surface area (Å²) >= 11 is 0. The first-order valence-corrected chi connectivity index (χ1v) is 5.52. The second-order valence-corrected chi connectivity index (χ2v) is 5.49. The van der Waals surface area contributed by atoms with Crippen molar-refractivity contribution in [2.75, 3.05) is 0 Å². The topological polar surface area (TPSA) is 98.7 Å². The van der Waals surface area contributed by atoms with Crippen molar-refractivity contribution in [1.82, 2.24) is 9.55 Å². The molecule has 1 atom stereocenters. The van der Waals surface area contributed by atoms with Crippen LogP contribution < -0.4 is 0 Å². The fourth-order valence-electron chi connectivity index (χ4n) is 0.842. The van der Waals surface area contributed by atoms with Gasteiger partial charge in [0.1, 0.15) is 0 Å². The molecular weight excluding hydrogens is 195 g/mol. The molecular formula is C6H13N2O4P. The molecule has 1 aromatic rings. The van der Waals surface area contributed by atoms with E-state index in [-0.39, 0.29) is 6.54 Å². The predicted octanol–water partition coefficient (Wildman–Crippen LogP) is -0.937. The zero-order valence-electron chi connectivity index (χ0n) is 7.12. The fraction of sp³-hybridized carbons (Fsp3) is 0.500. The Hall–Kier alpha value is -0.520. The molecule has 0 aliphatic heterocycles. The second kappa shape index (κ2) is 3.32. The van der Waals surface area contributed by atoms with E-state index in [2.05, 4.69) is 4.98 Å². The second-order valence-electron chi connectivity index (χ2n) is 3.14. The number of hydrogen-bond donors (Lipinski definition) is 4. The van der Waals surface area contributed by atoms with E-state index in [9.17, 15) is 5.11 Å². The van der Waals surface area contributed by atoms with E-state index < -0.39 is 13.3 Å². The molecule has 1 aromatic heterocycles. The molecule has 0 radical (unpaired) electrons. The summed E-state index contributed by atoms with van der Waals surface area (Å²) in [6.07, 6.45) is 4.45. The van der Waals surface area contributed by atoms with E-state index in [1.54, 1.807) is 6.20 Å². The summed E-state index contributed by atoms with van der Waals surface area (Å²) in [6.45, 7) is 1.06. The van der Waals surface area contributed by atoms with Crippen molar-refractivity contribution in [3.63, 3.8) is 0 Å². The van der Waals surface area contributed by atoms with Crippen molar-refractivity contribution in [2.24, 2.45) is 0 Å². The molecule has 0 spiro atoms. The number of hydrogen-bond acceptors (Lipinski definition) is 5. The number of nitrogens with zero attached hydrogens (tertiary/aromatic N) is 2. The maximum absolute atomic E-state index is 9.49. The van der Waals surface area contributed by atoms with Crippen molar-refractivity contribution >= 4 is 7.94 Å². The quantitative estimate of drug-likeness (QED) is 0.481. The van der Waals surface area contributed by atoms with Crippen LogP contribution in [-0.4, -0.2) is 34.7 Å². The Morgan fingerprint density at radius 1 is 1.46 bits per heavy atom. The molecule has 1 rings (SSSR count). The SMILES string of the molecule is CC(O)(Cn1ccnc1)[PH](O)(O)O. The molecule has 0 saturated carbocycles. The van der Waals surface area contributed by atoms with Gasteiger partial charge in [-0.25, -0.2) is 0 Å². The van der Waals surface area contributed by atoms with Crippen LogP contribution in [0.4, 0.5) is 0 Å². The van der Waals surface area contributed by atoms with E-state index in [4.69, 9.17) is 14.7 Å². The van der Waals surface area contributed by atoms with Gasteiger partial charge >= 0.3 is 74.8 Å². The Kier molecular flexibility index (Phi) is 2.70. The van der Waals surface area contributed by atoms with Crippen LogP contribution in [0.3, 0.4) is 0 Å². The van der Waals surface area contributed by atoms with Crippen LogP contribution in [-0.2, 0) is 6.54 Å². The number of aliphatic hydroxyl groups is 1. The molecule has 0 aliphatic rings. The number of aromatic nitrogens is 2. The van der Waals surface area contributed by atoms with Gasteiger partial charge in [-0.3, -0.25) is 0 Å². The first-order chi connectivity index (χ1) is 5.83. The van der Waals surface area contributed by atoms with Crippen molar-refractivity contribution in [1.29, 1.82) is 0 Å². The number of imidazole rings is 1. The van der Waals surface area contributed by atoms with Crippen LogP contribution in [0, 0.1) is 0 Å². The van der Waals surface area contributed by atoms with Crippen LogP contribution in [0.25, 0.3) is 0 Å². The van der Waals surface area contributed by atoms with E-state index in [1.807, 2.05) is 0 Å². The molecule has 0 saturated heterocycles. The van der Waals surface area contributed by atoms with Gasteiger partial charge in [0.2, 0.25) is 0 Å². The molecule has 4 N–H and O–H groups in total. The summed E-state index contributed by atoms with van der Waals surface area (Å²) in [6, 6.07) is 0. The standard InChI is InChI=1S/C6H13N2O4P/c1-6(9,13(10,11)12)4-8-3-2-7-5-8/h2-3,5,9-13H,4H2,1H3. The third kappa shape index (κ3) is 2.46. The molecule has 0 fully saturated rings. The van der Waals surface area contributed by atoms with Gasteiger partial charge in [0.05, 0.1) is 0 Å². The summed E-state index contributed by atoms with van der Waals surface area (Å²) in [7, 11) is -4.53. The average molecular weight is 208 g/mol. The van der Waals surface area contributed by atoms with Gasteiger partial charge in [-0.05, 0) is 0 Å². The Labute approximate surface area is 75.7 Å². The summed E-state index contributed by atoms with van der Waals surface area (Å²) in [4.78, 5) is 30.4. The summed E-state index contributed by atoms with van der Waals surface area (Å²) in [5.41, 5.74) is 0. The van der Waals surface area contributed by atoms with E-state index in [1.165, 1.54) is 24.0 Å². The van der Waals surface area contributed by atoms with Gasteiger partial charge in [-0.2, -0.15) is 0 Å². The van der Waals surface area contributed by atoms with E-state index in [0.717, 1.165) is 0 Å². The van der Waals surface area contributed by atoms with Crippen LogP contribution in [0.2, 0.25) is 0 Å². The third-order valence-electron chi connectivity index (χ3n) is 1.77. The zero-order valence-corrected chi connectivity index (χ0v) is 8.12. The molecule has 1 unspecified atom stereocenters. The molecule has 0 aromatic carbocycles. The van der Waals surface area contributed by atoms with Crippen molar-refractivity contribution in [3.8, 4) is 0 Å². The monoisotopic (exact) mass is 208 g/mol. The summed E-state index contributed by atoms with van der Waals surface area (Å²) < 4.78 is 1.45. The normalized spacial score (nSPS) is 18.2. The summed E-state index contributed by atoms with van der Waals surface area (Å²) in [5, 5.41) is 7.58. The Morgan fingerprint density at radius 2 is 2.08 bits per heavy atom. The van der Waals surface area contributed by atoms with Crippen molar-refractivity contribution < 1.29 is 19.8 Å². The maximum atomic E-state index is 9.49. The molecule has 76 valence electrons. The first kappa shape index (κ1) is 10.6. The van der Waals surface area contributed by atoms with Gasteiger partial charge in [0.15, 0.2) is 0 Å². The van der Waals surface area contributed by atoms with Crippen LogP contribution >= 0.6 is 7.94 Å². The molecule has 7 heteroatoms. The average Bonchev–Trinajstić information content (AvgIpc) is 2.35. The van der Waals surface area contributed by atoms with Gasteiger partial charge in [-0.1, -0.05) is 0 Å². The zero-order chi connectivity index (χ0) is 10.1. The van der Waals surface area contributed by atoms with Gasteiger partial charge < -0.3 is 0 Å². The predicted molar refractivity (Wildman–Crippen MR) is 47.8 cm³/mol. The van der Waals surface area contributed by atoms with E-state index >= 15 is 0 Å². The Balaban J connectivity index is 2.73. The molecule has 0 amide bonds. The van der Waals surface area contributed by atoms with Crippen molar-refractivity contribution in [3.05, 3.63) is 18.7 Å². The Morgan fingerprint density at radius 3 is 2.46 bits per heavy atom. The van der Waals surface area contributed by atoms with Crippen LogP contribution in [0.5, 0.6) is 0 Å². The minimum absolute atomic E-state index is 0.108. The fourth-order valence-corrected chi connectivity index (χ4v) is 1.24. The van der Waals surface area contributed by atoms with Crippen LogP contribution in [0.1, 0.15) is 6.92 Å². The molecule has 6 nitrogen and oxygen atoms in total. The van der Waals surface area contributed by atoms with E-state index in [0.29, 0.717) is 0 Å². The number of rotatable bonds is 3.